The van der Waals surface area contributed by atoms with E-state index in [2.05, 4.69) is 12.1 Å². The normalized spacial score (nSPS) is 10.5. The second-order valence-corrected chi connectivity index (χ2v) is 3.65. The summed E-state index contributed by atoms with van der Waals surface area (Å²) in [5.41, 5.74) is 2.14. The van der Waals surface area contributed by atoms with Gasteiger partial charge >= 0.3 is 0 Å². The average Bonchev–Trinajstić information content (AvgIpc) is 2.76. The molecule has 0 amide bonds. The lowest BCUT2D eigenvalue weighted by Crippen LogP contribution is -1.82. The van der Waals surface area contributed by atoms with Crippen molar-refractivity contribution in [1.82, 2.24) is 5.16 Å². The maximum absolute atomic E-state index is 5.30. The first kappa shape index (κ1) is 9.97. The molecule has 2 nitrogen and oxygen atoms in total. The van der Waals surface area contributed by atoms with Crippen molar-refractivity contribution in [3.8, 4) is 11.3 Å². The van der Waals surface area contributed by atoms with Crippen LogP contribution in [0.25, 0.3) is 11.3 Å². The van der Waals surface area contributed by atoms with Crippen molar-refractivity contribution in [2.75, 3.05) is 0 Å². The Morgan fingerprint density at radius 1 is 1.20 bits per heavy atom. The van der Waals surface area contributed by atoms with Crippen molar-refractivity contribution in [1.29, 1.82) is 0 Å². The number of hydrogen-bond donors (Lipinski definition) is 0. The van der Waals surface area contributed by atoms with Crippen LogP contribution in [0, 0.1) is 0 Å². The molecule has 2 aromatic rings. The average molecular weight is 201 g/mol. The van der Waals surface area contributed by atoms with Gasteiger partial charge in [0.15, 0.2) is 5.76 Å². The van der Waals surface area contributed by atoms with Crippen LogP contribution in [0.1, 0.15) is 25.5 Å². The van der Waals surface area contributed by atoms with Crippen LogP contribution in [-0.4, -0.2) is 5.16 Å². The monoisotopic (exact) mass is 201 g/mol. The Bertz CT molecular complexity index is 405. The van der Waals surface area contributed by atoms with Gasteiger partial charge < -0.3 is 4.52 Å². The van der Waals surface area contributed by atoms with Gasteiger partial charge in [0.05, 0.1) is 5.69 Å². The molecule has 15 heavy (non-hydrogen) atoms. The fraction of sp³-hybridized carbons (Fsp3) is 0.308. The van der Waals surface area contributed by atoms with E-state index in [9.17, 15) is 0 Å². The number of unbranched alkanes of at least 4 members (excludes halogenated alkanes) is 1. The fourth-order valence-corrected chi connectivity index (χ4v) is 1.53. The van der Waals surface area contributed by atoms with Crippen molar-refractivity contribution >= 4 is 0 Å². The molecule has 0 spiro atoms. The highest BCUT2D eigenvalue weighted by Gasteiger charge is 2.05. The van der Waals surface area contributed by atoms with Gasteiger partial charge in [-0.25, -0.2) is 0 Å². The maximum Gasteiger partial charge on any atom is 0.167 e. The number of aromatic nitrogens is 1. The molecule has 0 saturated heterocycles. The van der Waals surface area contributed by atoms with Gasteiger partial charge in [-0.1, -0.05) is 48.8 Å². The van der Waals surface area contributed by atoms with Gasteiger partial charge in [-0.15, -0.1) is 0 Å². The molecule has 1 aromatic carbocycles. The quantitative estimate of drug-likeness (QED) is 0.754. The van der Waals surface area contributed by atoms with Gasteiger partial charge in [-0.05, 0) is 12.8 Å². The SMILES string of the molecule is CCCCc1cc(-c2ccccc2)on1. The number of aryl methyl sites for hydroxylation is 1. The summed E-state index contributed by atoms with van der Waals surface area (Å²) < 4.78 is 5.30. The number of nitrogens with zero attached hydrogens (tertiary/aromatic N) is 1. The number of rotatable bonds is 4. The molecule has 78 valence electrons. The van der Waals surface area contributed by atoms with Crippen molar-refractivity contribution in [2.45, 2.75) is 26.2 Å². The van der Waals surface area contributed by atoms with E-state index in [-0.39, 0.29) is 0 Å². The van der Waals surface area contributed by atoms with Crippen LogP contribution in [0.2, 0.25) is 0 Å². The molecule has 0 radical (unpaired) electrons. The van der Waals surface area contributed by atoms with Crippen LogP contribution >= 0.6 is 0 Å². The van der Waals surface area contributed by atoms with Gasteiger partial charge in [-0.2, -0.15) is 0 Å². The van der Waals surface area contributed by atoms with Crippen LogP contribution in [0.3, 0.4) is 0 Å². The van der Waals surface area contributed by atoms with E-state index in [0.717, 1.165) is 23.4 Å². The molecule has 0 atom stereocenters. The molecule has 0 fully saturated rings. The first-order valence-electron chi connectivity index (χ1n) is 5.41. The van der Waals surface area contributed by atoms with Crippen molar-refractivity contribution in [3.63, 3.8) is 0 Å². The molecule has 0 unspecified atom stereocenters. The van der Waals surface area contributed by atoms with Gasteiger partial charge in [0.1, 0.15) is 0 Å². The summed E-state index contributed by atoms with van der Waals surface area (Å²) in [7, 11) is 0. The molecule has 0 aliphatic heterocycles. The minimum atomic E-state index is 0.863. The molecular formula is C13H15NO. The summed E-state index contributed by atoms with van der Waals surface area (Å²) in [6, 6.07) is 12.1. The largest absolute Gasteiger partial charge is 0.356 e. The summed E-state index contributed by atoms with van der Waals surface area (Å²) in [6.07, 6.45) is 3.36. The van der Waals surface area contributed by atoms with Gasteiger partial charge in [-0.3, -0.25) is 0 Å². The Kier molecular flexibility index (Phi) is 3.18. The van der Waals surface area contributed by atoms with E-state index in [1.54, 1.807) is 0 Å². The van der Waals surface area contributed by atoms with Crippen molar-refractivity contribution < 1.29 is 4.52 Å². The lowest BCUT2D eigenvalue weighted by molar-refractivity contribution is 0.422. The van der Waals surface area contributed by atoms with E-state index < -0.39 is 0 Å². The second-order valence-electron chi connectivity index (χ2n) is 3.65. The summed E-state index contributed by atoms with van der Waals surface area (Å²) in [5, 5.41) is 4.06. The van der Waals surface area contributed by atoms with Crippen LogP contribution < -0.4 is 0 Å². The third-order valence-corrected chi connectivity index (χ3v) is 2.40. The molecule has 0 aliphatic rings. The first-order chi connectivity index (χ1) is 7.40. The molecule has 1 aromatic heterocycles. The predicted octanol–water partition coefficient (Wildman–Crippen LogP) is 3.68. The Balaban J connectivity index is 2.14. The van der Waals surface area contributed by atoms with Crippen LogP contribution in [0.15, 0.2) is 40.9 Å². The standard InChI is InChI=1S/C13H15NO/c1-2-3-9-12-10-13(15-14-12)11-7-5-4-6-8-11/h4-8,10H,2-3,9H2,1H3. The molecule has 2 rings (SSSR count). The van der Waals surface area contributed by atoms with E-state index in [1.807, 2.05) is 36.4 Å². The van der Waals surface area contributed by atoms with E-state index in [1.165, 1.54) is 12.8 Å². The summed E-state index contributed by atoms with van der Waals surface area (Å²) in [5.74, 6) is 0.863. The van der Waals surface area contributed by atoms with Crippen LogP contribution in [0.5, 0.6) is 0 Å². The Labute approximate surface area is 89.9 Å². The molecule has 0 saturated carbocycles. The topological polar surface area (TPSA) is 26.0 Å². The molecule has 2 heteroatoms. The number of hydrogen-bond acceptors (Lipinski definition) is 2. The minimum Gasteiger partial charge on any atom is -0.356 e. The number of benzene rings is 1. The molecule has 0 bridgehead atoms. The molecule has 1 heterocycles. The maximum atomic E-state index is 5.30. The smallest absolute Gasteiger partial charge is 0.167 e. The molecule has 0 N–H and O–H groups in total. The van der Waals surface area contributed by atoms with Gasteiger partial charge in [0, 0.05) is 11.6 Å². The molecular weight excluding hydrogens is 186 g/mol. The highest BCUT2D eigenvalue weighted by molar-refractivity contribution is 5.56. The lowest BCUT2D eigenvalue weighted by Gasteiger charge is -1.91. The van der Waals surface area contributed by atoms with Crippen LogP contribution in [0.4, 0.5) is 0 Å². The summed E-state index contributed by atoms with van der Waals surface area (Å²) in [6.45, 7) is 2.18. The zero-order valence-corrected chi connectivity index (χ0v) is 8.94. The Hall–Kier alpha value is -1.57. The van der Waals surface area contributed by atoms with Crippen molar-refractivity contribution in [3.05, 3.63) is 42.1 Å². The third-order valence-electron chi connectivity index (χ3n) is 2.40. The fourth-order valence-electron chi connectivity index (χ4n) is 1.53. The Morgan fingerprint density at radius 3 is 2.73 bits per heavy atom. The predicted molar refractivity (Wildman–Crippen MR) is 60.6 cm³/mol. The van der Waals surface area contributed by atoms with Gasteiger partial charge in [0.25, 0.3) is 0 Å². The van der Waals surface area contributed by atoms with Gasteiger partial charge in [0.2, 0.25) is 0 Å². The second kappa shape index (κ2) is 4.78. The lowest BCUT2D eigenvalue weighted by atomic mass is 10.1. The van der Waals surface area contributed by atoms with Crippen molar-refractivity contribution in [2.24, 2.45) is 0 Å². The zero-order valence-electron chi connectivity index (χ0n) is 8.94. The summed E-state index contributed by atoms with van der Waals surface area (Å²) in [4.78, 5) is 0. The van der Waals surface area contributed by atoms with E-state index >= 15 is 0 Å². The van der Waals surface area contributed by atoms with Crippen LogP contribution in [-0.2, 0) is 6.42 Å². The minimum absolute atomic E-state index is 0.863. The molecule has 0 aliphatic carbocycles. The summed E-state index contributed by atoms with van der Waals surface area (Å²) >= 11 is 0. The first-order valence-corrected chi connectivity index (χ1v) is 5.41. The Morgan fingerprint density at radius 2 is 2.00 bits per heavy atom. The zero-order chi connectivity index (χ0) is 10.5. The highest BCUT2D eigenvalue weighted by atomic mass is 16.5. The van der Waals surface area contributed by atoms with E-state index in [4.69, 9.17) is 4.52 Å². The van der Waals surface area contributed by atoms with E-state index in [0.29, 0.717) is 0 Å². The third kappa shape index (κ3) is 2.46. The highest BCUT2D eigenvalue weighted by Crippen LogP contribution is 2.20.